The van der Waals surface area contributed by atoms with Crippen molar-refractivity contribution in [1.82, 2.24) is 5.43 Å². The highest BCUT2D eigenvalue weighted by Crippen LogP contribution is 2.50. The maximum Gasteiger partial charge on any atom is 0.0471 e. The summed E-state index contributed by atoms with van der Waals surface area (Å²) in [4.78, 5) is 1.38. The molecule has 3 N–H and O–H groups in total. The number of nitrogens with two attached hydrogens (primary N) is 1. The largest absolute Gasteiger partial charge is 0.271 e. The minimum Gasteiger partial charge on any atom is -0.271 e. The van der Waals surface area contributed by atoms with Crippen molar-refractivity contribution >= 4 is 11.3 Å². The second-order valence-electron chi connectivity index (χ2n) is 5.88. The average Bonchev–Trinajstić information content (AvgIpc) is 3.01. The van der Waals surface area contributed by atoms with E-state index >= 15 is 0 Å². The molecular formula is C14H22N2S. The number of thiophene rings is 1. The van der Waals surface area contributed by atoms with Gasteiger partial charge in [-0.2, -0.15) is 0 Å². The zero-order chi connectivity index (χ0) is 11.8. The Kier molecular flexibility index (Phi) is 3.24. The lowest BCUT2D eigenvalue weighted by Crippen LogP contribution is -2.30. The lowest BCUT2D eigenvalue weighted by Gasteiger charge is -2.26. The fraction of sp³-hybridized carbons (Fsp3) is 0.714. The highest BCUT2D eigenvalue weighted by molar-refractivity contribution is 7.10. The number of hydrogen-bond acceptors (Lipinski definition) is 3. The number of nitrogens with one attached hydrogen (secondary N) is 1. The lowest BCUT2D eigenvalue weighted by atomic mass is 9.83. The van der Waals surface area contributed by atoms with Gasteiger partial charge in [-0.3, -0.25) is 11.3 Å². The van der Waals surface area contributed by atoms with Gasteiger partial charge in [0.25, 0.3) is 0 Å². The molecule has 2 nitrogen and oxygen atoms in total. The van der Waals surface area contributed by atoms with E-state index in [0.29, 0.717) is 6.04 Å². The Hall–Kier alpha value is -0.380. The molecule has 17 heavy (non-hydrogen) atoms. The molecule has 0 spiro atoms. The minimum absolute atomic E-state index is 0.365. The van der Waals surface area contributed by atoms with Crippen molar-refractivity contribution in [1.29, 1.82) is 0 Å². The van der Waals surface area contributed by atoms with Gasteiger partial charge in [0.2, 0.25) is 0 Å². The van der Waals surface area contributed by atoms with Crippen LogP contribution in [0.5, 0.6) is 0 Å². The first-order chi connectivity index (χ1) is 8.26. The summed E-state index contributed by atoms with van der Waals surface area (Å²) in [6, 6.07) is 2.65. The Morgan fingerprint density at radius 1 is 1.47 bits per heavy atom. The van der Waals surface area contributed by atoms with Crippen LogP contribution in [0.3, 0.4) is 0 Å². The maximum atomic E-state index is 5.74. The van der Waals surface area contributed by atoms with Crippen molar-refractivity contribution < 1.29 is 0 Å². The highest BCUT2D eigenvalue weighted by atomic mass is 32.1. The van der Waals surface area contributed by atoms with E-state index in [-0.39, 0.29) is 0 Å². The first-order valence-electron chi connectivity index (χ1n) is 6.77. The summed E-state index contributed by atoms with van der Waals surface area (Å²) < 4.78 is 0. The van der Waals surface area contributed by atoms with Crippen LogP contribution in [0.15, 0.2) is 11.4 Å². The molecule has 4 unspecified atom stereocenters. The molecule has 0 radical (unpaired) electrons. The summed E-state index contributed by atoms with van der Waals surface area (Å²) in [5, 5.41) is 2.26. The normalized spacial score (nSPS) is 33.2. The third kappa shape index (κ3) is 2.28. The highest BCUT2D eigenvalue weighted by Gasteiger charge is 2.40. The SMILES string of the molecule is Cc1cc(C(CC2CC3CCC2C3)NN)cs1. The van der Waals surface area contributed by atoms with E-state index in [0.717, 1.165) is 17.8 Å². The predicted octanol–water partition coefficient (Wildman–Crippen LogP) is 3.39. The third-order valence-corrected chi connectivity index (χ3v) is 5.66. The van der Waals surface area contributed by atoms with Crippen LogP contribution >= 0.6 is 11.3 Å². The van der Waals surface area contributed by atoms with E-state index in [1.165, 1.54) is 42.5 Å². The van der Waals surface area contributed by atoms with Crippen LogP contribution < -0.4 is 11.3 Å². The van der Waals surface area contributed by atoms with Crippen molar-refractivity contribution in [3.05, 3.63) is 21.9 Å². The van der Waals surface area contributed by atoms with Gasteiger partial charge in [0.1, 0.15) is 0 Å². The van der Waals surface area contributed by atoms with E-state index < -0.39 is 0 Å². The van der Waals surface area contributed by atoms with Gasteiger partial charge >= 0.3 is 0 Å². The number of aryl methyl sites for hydroxylation is 1. The zero-order valence-corrected chi connectivity index (χ0v) is 11.3. The van der Waals surface area contributed by atoms with Crippen molar-refractivity contribution in [3.8, 4) is 0 Å². The molecule has 1 heterocycles. The Morgan fingerprint density at radius 2 is 2.35 bits per heavy atom. The Bertz CT molecular complexity index is 387. The molecule has 0 amide bonds. The van der Waals surface area contributed by atoms with Gasteiger partial charge in [-0.25, -0.2) is 0 Å². The first kappa shape index (κ1) is 11.7. The topological polar surface area (TPSA) is 38.0 Å². The van der Waals surface area contributed by atoms with Crippen LogP contribution in [0.25, 0.3) is 0 Å². The van der Waals surface area contributed by atoms with Crippen LogP contribution in [0.4, 0.5) is 0 Å². The van der Waals surface area contributed by atoms with Crippen molar-refractivity contribution in [2.24, 2.45) is 23.6 Å². The lowest BCUT2D eigenvalue weighted by molar-refractivity contribution is 0.280. The summed E-state index contributed by atoms with van der Waals surface area (Å²) in [5.41, 5.74) is 4.41. The molecule has 0 saturated heterocycles. The maximum absolute atomic E-state index is 5.74. The molecule has 3 rings (SSSR count). The van der Waals surface area contributed by atoms with Crippen molar-refractivity contribution in [2.45, 2.75) is 45.1 Å². The van der Waals surface area contributed by atoms with Gasteiger partial charge in [0.05, 0.1) is 0 Å². The van der Waals surface area contributed by atoms with E-state index in [1.54, 1.807) is 0 Å². The molecule has 2 bridgehead atoms. The van der Waals surface area contributed by atoms with Gasteiger partial charge < -0.3 is 0 Å². The fourth-order valence-corrected chi connectivity index (χ4v) is 4.67. The standard InChI is InChI=1S/C14H22N2S/c1-9-4-13(8-17-9)14(16-15)7-12-6-10-2-3-11(12)5-10/h4,8,10-12,14,16H,2-3,5-7,15H2,1H3. The number of rotatable bonds is 4. The molecule has 3 heteroatoms. The molecular weight excluding hydrogens is 228 g/mol. The predicted molar refractivity (Wildman–Crippen MR) is 72.7 cm³/mol. The molecule has 0 aromatic carbocycles. The van der Waals surface area contributed by atoms with Gasteiger partial charge in [-0.15, -0.1) is 11.3 Å². The molecule has 2 aliphatic carbocycles. The van der Waals surface area contributed by atoms with E-state index in [1.807, 2.05) is 11.3 Å². The van der Waals surface area contributed by atoms with E-state index in [2.05, 4.69) is 23.8 Å². The van der Waals surface area contributed by atoms with E-state index in [9.17, 15) is 0 Å². The van der Waals surface area contributed by atoms with Gasteiger partial charge in [0, 0.05) is 10.9 Å². The Balaban J connectivity index is 1.66. The van der Waals surface area contributed by atoms with Crippen LogP contribution in [0.1, 0.15) is 48.6 Å². The van der Waals surface area contributed by atoms with Crippen LogP contribution in [-0.2, 0) is 0 Å². The smallest absolute Gasteiger partial charge is 0.0471 e. The molecule has 2 saturated carbocycles. The monoisotopic (exact) mass is 250 g/mol. The zero-order valence-electron chi connectivity index (χ0n) is 10.5. The van der Waals surface area contributed by atoms with Crippen molar-refractivity contribution in [2.75, 3.05) is 0 Å². The summed E-state index contributed by atoms with van der Waals surface area (Å²) in [6.07, 6.45) is 7.12. The third-order valence-electron chi connectivity index (χ3n) is 4.78. The second-order valence-corrected chi connectivity index (χ2v) is 7.00. The van der Waals surface area contributed by atoms with Crippen LogP contribution in [-0.4, -0.2) is 0 Å². The van der Waals surface area contributed by atoms with Gasteiger partial charge in [-0.05, 0) is 67.4 Å². The molecule has 2 fully saturated rings. The average molecular weight is 250 g/mol. The molecule has 1 aromatic heterocycles. The Morgan fingerprint density at radius 3 is 2.88 bits per heavy atom. The number of hydrazine groups is 1. The van der Waals surface area contributed by atoms with Crippen LogP contribution in [0.2, 0.25) is 0 Å². The molecule has 2 aliphatic rings. The summed E-state index contributed by atoms with van der Waals surface area (Å²) in [5.74, 6) is 8.69. The fourth-order valence-electron chi connectivity index (χ4n) is 3.91. The molecule has 1 aromatic rings. The number of hydrogen-bond donors (Lipinski definition) is 2. The summed E-state index contributed by atoms with van der Waals surface area (Å²) in [6.45, 7) is 2.17. The van der Waals surface area contributed by atoms with Gasteiger partial charge in [0.15, 0.2) is 0 Å². The number of fused-ring (bicyclic) bond motifs is 2. The molecule has 94 valence electrons. The summed E-state index contributed by atoms with van der Waals surface area (Å²) >= 11 is 1.83. The first-order valence-corrected chi connectivity index (χ1v) is 7.65. The quantitative estimate of drug-likeness (QED) is 0.635. The second kappa shape index (κ2) is 4.71. The molecule has 0 aliphatic heterocycles. The van der Waals surface area contributed by atoms with E-state index in [4.69, 9.17) is 5.84 Å². The van der Waals surface area contributed by atoms with Crippen molar-refractivity contribution in [3.63, 3.8) is 0 Å². The van der Waals surface area contributed by atoms with Crippen LogP contribution in [0, 0.1) is 24.7 Å². The van der Waals surface area contributed by atoms with Gasteiger partial charge in [-0.1, -0.05) is 6.42 Å². The minimum atomic E-state index is 0.365. The molecule has 4 atom stereocenters. The summed E-state index contributed by atoms with van der Waals surface area (Å²) in [7, 11) is 0. The Labute approximate surface area is 108 Å².